The first-order valence-electron chi connectivity index (χ1n) is 7.18. The molecule has 2 nitrogen and oxygen atoms in total. The van der Waals surface area contributed by atoms with Gasteiger partial charge in [0.05, 0.1) is 22.4 Å². The zero-order valence-electron chi connectivity index (χ0n) is 10.6. The second-order valence-corrected chi connectivity index (χ2v) is 5.74. The van der Waals surface area contributed by atoms with E-state index in [-0.39, 0.29) is 0 Å². The van der Waals surface area contributed by atoms with Crippen molar-refractivity contribution in [2.75, 3.05) is 0 Å². The van der Waals surface area contributed by atoms with Crippen molar-refractivity contribution in [2.24, 2.45) is 0 Å². The lowest BCUT2D eigenvalue weighted by Crippen LogP contribution is -2.05. The average Bonchev–Trinajstić information content (AvgIpc) is 2.63. The Kier molecular flexibility index (Phi) is 2.35. The molecule has 0 saturated heterocycles. The molecule has 18 heavy (non-hydrogen) atoms. The van der Waals surface area contributed by atoms with Crippen molar-refractivity contribution < 1.29 is 0 Å². The summed E-state index contributed by atoms with van der Waals surface area (Å²) in [6.45, 7) is 0. The van der Waals surface area contributed by atoms with Crippen LogP contribution in [0.5, 0.6) is 0 Å². The maximum absolute atomic E-state index is 4.96. The molecule has 4 rings (SSSR count). The van der Waals surface area contributed by atoms with Crippen molar-refractivity contribution in [3.63, 3.8) is 0 Å². The van der Waals surface area contributed by atoms with Gasteiger partial charge in [0.1, 0.15) is 0 Å². The van der Waals surface area contributed by atoms with Crippen molar-refractivity contribution in [1.29, 1.82) is 0 Å². The summed E-state index contributed by atoms with van der Waals surface area (Å²) >= 11 is 0. The van der Waals surface area contributed by atoms with Gasteiger partial charge in [0.25, 0.3) is 0 Å². The number of hydrogen-bond acceptors (Lipinski definition) is 2. The molecule has 0 spiro atoms. The highest BCUT2D eigenvalue weighted by atomic mass is 14.8. The van der Waals surface area contributed by atoms with Crippen LogP contribution in [0.25, 0.3) is 11.0 Å². The van der Waals surface area contributed by atoms with Crippen molar-refractivity contribution in [1.82, 2.24) is 9.97 Å². The van der Waals surface area contributed by atoms with Gasteiger partial charge in [0.2, 0.25) is 0 Å². The van der Waals surface area contributed by atoms with Gasteiger partial charge in [-0.3, -0.25) is 0 Å². The van der Waals surface area contributed by atoms with E-state index in [0.717, 1.165) is 11.0 Å². The SMILES string of the molecule is c1ccc2nc3c(nc2c1)C1CCCC3CCC1. The van der Waals surface area contributed by atoms with Crippen molar-refractivity contribution in [3.8, 4) is 0 Å². The van der Waals surface area contributed by atoms with Crippen LogP contribution in [-0.2, 0) is 0 Å². The second-order valence-electron chi connectivity index (χ2n) is 5.74. The van der Waals surface area contributed by atoms with E-state index in [1.807, 2.05) is 0 Å². The minimum atomic E-state index is 0.671. The molecule has 0 radical (unpaired) electrons. The number of nitrogens with zero attached hydrogens (tertiary/aromatic N) is 2. The maximum Gasteiger partial charge on any atom is 0.0890 e. The summed E-state index contributed by atoms with van der Waals surface area (Å²) < 4.78 is 0. The van der Waals surface area contributed by atoms with Crippen molar-refractivity contribution in [2.45, 2.75) is 50.4 Å². The lowest BCUT2D eigenvalue weighted by molar-refractivity contribution is 0.448. The molecule has 2 aliphatic carbocycles. The third kappa shape index (κ3) is 1.55. The monoisotopic (exact) mass is 238 g/mol. The van der Waals surface area contributed by atoms with Crippen LogP contribution in [0.15, 0.2) is 24.3 Å². The van der Waals surface area contributed by atoms with E-state index in [1.165, 1.54) is 49.9 Å². The molecule has 0 saturated carbocycles. The predicted molar refractivity (Wildman–Crippen MR) is 72.7 cm³/mol. The molecule has 1 aromatic carbocycles. The lowest BCUT2D eigenvalue weighted by atomic mass is 9.91. The van der Waals surface area contributed by atoms with Gasteiger partial charge < -0.3 is 0 Å². The van der Waals surface area contributed by atoms with Crippen LogP contribution in [0.2, 0.25) is 0 Å². The van der Waals surface area contributed by atoms with E-state index in [9.17, 15) is 0 Å². The predicted octanol–water partition coefficient (Wildman–Crippen LogP) is 4.16. The normalized spacial score (nSPS) is 26.7. The quantitative estimate of drug-likeness (QED) is 0.688. The van der Waals surface area contributed by atoms with Crippen LogP contribution in [0.1, 0.15) is 61.7 Å². The van der Waals surface area contributed by atoms with Crippen LogP contribution >= 0.6 is 0 Å². The molecule has 2 heteroatoms. The molecule has 0 amide bonds. The number of hydrogen-bond donors (Lipinski definition) is 0. The Morgan fingerprint density at radius 3 is 1.61 bits per heavy atom. The maximum atomic E-state index is 4.96. The van der Waals surface area contributed by atoms with Crippen LogP contribution in [0.3, 0.4) is 0 Å². The molecule has 0 fully saturated rings. The molecule has 0 N–H and O–H groups in total. The van der Waals surface area contributed by atoms with Crippen LogP contribution in [-0.4, -0.2) is 9.97 Å². The van der Waals surface area contributed by atoms with E-state index in [1.54, 1.807) is 0 Å². The van der Waals surface area contributed by atoms with E-state index >= 15 is 0 Å². The number of rotatable bonds is 0. The summed E-state index contributed by atoms with van der Waals surface area (Å²) in [5, 5.41) is 0. The molecule has 0 atom stereocenters. The Labute approximate surface area is 107 Å². The Bertz CT molecular complexity index is 530. The van der Waals surface area contributed by atoms with Crippen molar-refractivity contribution >= 4 is 11.0 Å². The molecule has 1 heterocycles. The summed E-state index contributed by atoms with van der Waals surface area (Å²) in [6, 6.07) is 8.31. The van der Waals surface area contributed by atoms with Gasteiger partial charge in [0, 0.05) is 11.8 Å². The fraction of sp³-hybridized carbons (Fsp3) is 0.500. The molecule has 92 valence electrons. The Balaban J connectivity index is 1.99. The van der Waals surface area contributed by atoms with Crippen LogP contribution in [0.4, 0.5) is 0 Å². The van der Waals surface area contributed by atoms with E-state index in [0.29, 0.717) is 11.8 Å². The van der Waals surface area contributed by atoms with Crippen LogP contribution in [0, 0.1) is 0 Å². The summed E-state index contributed by atoms with van der Waals surface area (Å²) in [6.07, 6.45) is 7.97. The summed E-state index contributed by atoms with van der Waals surface area (Å²) in [4.78, 5) is 9.91. The van der Waals surface area contributed by atoms with E-state index in [4.69, 9.17) is 9.97 Å². The molecule has 0 aliphatic heterocycles. The first kappa shape index (κ1) is 10.5. The second kappa shape index (κ2) is 4.04. The summed E-state index contributed by atoms with van der Waals surface area (Å²) in [7, 11) is 0. The molecular formula is C16H18N2. The fourth-order valence-electron chi connectivity index (χ4n) is 3.69. The Hall–Kier alpha value is -1.44. The smallest absolute Gasteiger partial charge is 0.0890 e. The van der Waals surface area contributed by atoms with Gasteiger partial charge in [-0.05, 0) is 37.8 Å². The molecule has 1 aromatic heterocycles. The highest BCUT2D eigenvalue weighted by molar-refractivity contribution is 5.74. The standard InChI is InChI=1S/C16H18N2/c1-2-10-14-13(9-1)17-15-11-5-3-7-12(8-4-6-11)16(15)18-14/h1-2,9-12H,3-8H2. The summed E-state index contributed by atoms with van der Waals surface area (Å²) in [5.74, 6) is 1.34. The lowest BCUT2D eigenvalue weighted by Gasteiger charge is -2.14. The molecule has 2 aliphatic rings. The first-order chi connectivity index (χ1) is 8.92. The molecular weight excluding hydrogens is 220 g/mol. The molecule has 2 bridgehead atoms. The van der Waals surface area contributed by atoms with Gasteiger partial charge in [0.15, 0.2) is 0 Å². The number of fused-ring (bicyclic) bond motifs is 1. The Morgan fingerprint density at radius 2 is 1.17 bits per heavy atom. The average molecular weight is 238 g/mol. The highest BCUT2D eigenvalue weighted by Gasteiger charge is 2.30. The van der Waals surface area contributed by atoms with Gasteiger partial charge in [-0.25, -0.2) is 9.97 Å². The van der Waals surface area contributed by atoms with E-state index in [2.05, 4.69) is 24.3 Å². The highest BCUT2D eigenvalue weighted by Crippen LogP contribution is 2.43. The minimum Gasteiger partial charge on any atom is -0.249 e. The largest absolute Gasteiger partial charge is 0.249 e. The molecule has 0 unspecified atom stereocenters. The Morgan fingerprint density at radius 1 is 0.722 bits per heavy atom. The minimum absolute atomic E-state index is 0.671. The van der Waals surface area contributed by atoms with E-state index < -0.39 is 0 Å². The zero-order valence-corrected chi connectivity index (χ0v) is 10.6. The number of benzene rings is 1. The number of para-hydroxylation sites is 2. The van der Waals surface area contributed by atoms with Gasteiger partial charge in [-0.2, -0.15) is 0 Å². The third-order valence-corrected chi connectivity index (χ3v) is 4.61. The first-order valence-corrected chi connectivity index (χ1v) is 7.18. The van der Waals surface area contributed by atoms with Crippen LogP contribution < -0.4 is 0 Å². The fourth-order valence-corrected chi connectivity index (χ4v) is 3.69. The van der Waals surface area contributed by atoms with Gasteiger partial charge in [-0.1, -0.05) is 25.0 Å². The van der Waals surface area contributed by atoms with Gasteiger partial charge >= 0.3 is 0 Å². The van der Waals surface area contributed by atoms with Gasteiger partial charge in [-0.15, -0.1) is 0 Å². The summed E-state index contributed by atoms with van der Waals surface area (Å²) in [5.41, 5.74) is 4.80. The third-order valence-electron chi connectivity index (χ3n) is 4.61. The van der Waals surface area contributed by atoms with Crippen molar-refractivity contribution in [3.05, 3.63) is 35.7 Å². The topological polar surface area (TPSA) is 25.8 Å². The zero-order chi connectivity index (χ0) is 11.9. The molecule has 2 aromatic rings. The number of aromatic nitrogens is 2.